The molecule has 0 fully saturated rings. The zero-order valence-electron chi connectivity index (χ0n) is 12.2. The third kappa shape index (κ3) is 5.51. The minimum atomic E-state index is -0.340. The molecule has 0 radical (unpaired) electrons. The van der Waals surface area contributed by atoms with Crippen LogP contribution in [0.3, 0.4) is 0 Å². The van der Waals surface area contributed by atoms with E-state index >= 15 is 0 Å². The fourth-order valence-corrected chi connectivity index (χ4v) is 2.06. The minimum Gasteiger partial charge on any atom is -0.493 e. The summed E-state index contributed by atoms with van der Waals surface area (Å²) in [5.74, 6) is 0.608. The van der Waals surface area contributed by atoms with Crippen LogP contribution in [0.4, 0.5) is 0 Å². The lowest BCUT2D eigenvalue weighted by Crippen LogP contribution is -2.35. The number of ether oxygens (including phenoxy) is 2. The highest BCUT2D eigenvalue weighted by Gasteiger charge is 2.14. The van der Waals surface area contributed by atoms with Gasteiger partial charge < -0.3 is 14.8 Å². The second kappa shape index (κ2) is 8.97. The van der Waals surface area contributed by atoms with Crippen molar-refractivity contribution in [1.29, 1.82) is 0 Å². The van der Waals surface area contributed by atoms with Gasteiger partial charge in [0.1, 0.15) is 11.8 Å². The van der Waals surface area contributed by atoms with E-state index in [0.717, 1.165) is 22.2 Å². The molecule has 0 spiro atoms. The van der Waals surface area contributed by atoms with E-state index in [1.807, 2.05) is 18.2 Å². The van der Waals surface area contributed by atoms with Crippen LogP contribution >= 0.6 is 15.9 Å². The van der Waals surface area contributed by atoms with Crippen molar-refractivity contribution in [2.24, 2.45) is 0 Å². The summed E-state index contributed by atoms with van der Waals surface area (Å²) < 4.78 is 11.7. The second-order valence-electron chi connectivity index (χ2n) is 4.46. The highest BCUT2D eigenvalue weighted by atomic mass is 79.9. The highest BCUT2D eigenvalue weighted by molar-refractivity contribution is 9.10. The number of halogens is 1. The van der Waals surface area contributed by atoms with Gasteiger partial charge in [-0.3, -0.25) is 4.79 Å². The molecule has 1 aromatic rings. The Morgan fingerprint density at radius 1 is 1.40 bits per heavy atom. The summed E-state index contributed by atoms with van der Waals surface area (Å²) in [6.07, 6.45) is 0.960. The number of hydrogen-bond donors (Lipinski definition) is 1. The molecule has 0 aliphatic carbocycles. The molecule has 112 valence electrons. The van der Waals surface area contributed by atoms with Gasteiger partial charge >= 0.3 is 5.97 Å². The summed E-state index contributed by atoms with van der Waals surface area (Å²) in [4.78, 5) is 11.6. The SMILES string of the molecule is CCCOc1ccc(Br)cc1CNC(C)C(=O)OCC. The predicted molar refractivity (Wildman–Crippen MR) is 82.9 cm³/mol. The molecule has 0 aliphatic rings. The molecule has 5 heteroatoms. The maximum atomic E-state index is 11.6. The van der Waals surface area contributed by atoms with E-state index in [0.29, 0.717) is 19.8 Å². The van der Waals surface area contributed by atoms with Crippen molar-refractivity contribution in [3.63, 3.8) is 0 Å². The van der Waals surface area contributed by atoms with Gasteiger partial charge in [-0.15, -0.1) is 0 Å². The molecule has 1 rings (SSSR count). The van der Waals surface area contributed by atoms with Gasteiger partial charge in [-0.1, -0.05) is 22.9 Å². The van der Waals surface area contributed by atoms with Crippen LogP contribution in [-0.2, 0) is 16.1 Å². The molecule has 0 aliphatic heterocycles. The summed E-state index contributed by atoms with van der Waals surface area (Å²) in [6.45, 7) is 7.30. The van der Waals surface area contributed by atoms with Crippen LogP contribution in [0.5, 0.6) is 5.75 Å². The first-order chi connectivity index (χ1) is 9.58. The predicted octanol–water partition coefficient (Wildman–Crippen LogP) is 3.28. The van der Waals surface area contributed by atoms with E-state index < -0.39 is 0 Å². The second-order valence-corrected chi connectivity index (χ2v) is 5.37. The number of hydrogen-bond acceptors (Lipinski definition) is 4. The number of rotatable bonds is 8. The molecule has 0 bridgehead atoms. The summed E-state index contributed by atoms with van der Waals surface area (Å²) in [6, 6.07) is 5.54. The van der Waals surface area contributed by atoms with Crippen LogP contribution in [-0.4, -0.2) is 25.2 Å². The molecule has 1 aromatic carbocycles. The monoisotopic (exact) mass is 343 g/mol. The molecule has 0 saturated heterocycles. The van der Waals surface area contributed by atoms with Crippen molar-refractivity contribution in [2.75, 3.05) is 13.2 Å². The zero-order chi connectivity index (χ0) is 15.0. The molecular weight excluding hydrogens is 322 g/mol. The van der Waals surface area contributed by atoms with Crippen LogP contribution in [0.2, 0.25) is 0 Å². The smallest absolute Gasteiger partial charge is 0.322 e. The van der Waals surface area contributed by atoms with Gasteiger partial charge in [0.2, 0.25) is 0 Å². The first kappa shape index (κ1) is 17.0. The summed E-state index contributed by atoms with van der Waals surface area (Å²) in [7, 11) is 0. The Bertz CT molecular complexity index is 437. The van der Waals surface area contributed by atoms with Crippen molar-refractivity contribution in [1.82, 2.24) is 5.32 Å². The first-order valence-corrected chi connectivity index (χ1v) is 7.69. The number of nitrogens with one attached hydrogen (secondary N) is 1. The topological polar surface area (TPSA) is 47.6 Å². The van der Waals surface area contributed by atoms with Crippen molar-refractivity contribution in [3.8, 4) is 5.75 Å². The molecule has 0 heterocycles. The van der Waals surface area contributed by atoms with Gasteiger partial charge in [0.25, 0.3) is 0 Å². The van der Waals surface area contributed by atoms with Crippen LogP contribution < -0.4 is 10.1 Å². The van der Waals surface area contributed by atoms with E-state index in [2.05, 4.69) is 28.2 Å². The number of benzene rings is 1. The zero-order valence-corrected chi connectivity index (χ0v) is 13.8. The first-order valence-electron chi connectivity index (χ1n) is 6.89. The molecule has 0 amide bonds. The quantitative estimate of drug-likeness (QED) is 0.736. The highest BCUT2D eigenvalue weighted by Crippen LogP contribution is 2.23. The van der Waals surface area contributed by atoms with E-state index in [4.69, 9.17) is 9.47 Å². The number of carbonyl (C=O) groups is 1. The largest absolute Gasteiger partial charge is 0.493 e. The van der Waals surface area contributed by atoms with Crippen LogP contribution in [0.15, 0.2) is 22.7 Å². The Balaban J connectivity index is 2.65. The summed E-state index contributed by atoms with van der Waals surface area (Å²) in [5.41, 5.74) is 1.02. The van der Waals surface area contributed by atoms with Crippen LogP contribution in [0, 0.1) is 0 Å². The Hall–Kier alpha value is -1.07. The van der Waals surface area contributed by atoms with Gasteiger partial charge in [0, 0.05) is 16.6 Å². The average molecular weight is 344 g/mol. The van der Waals surface area contributed by atoms with Crippen molar-refractivity contribution in [3.05, 3.63) is 28.2 Å². The molecule has 1 N–H and O–H groups in total. The van der Waals surface area contributed by atoms with Gasteiger partial charge in [0.05, 0.1) is 13.2 Å². The molecule has 0 aromatic heterocycles. The summed E-state index contributed by atoms with van der Waals surface area (Å²) >= 11 is 3.45. The molecule has 0 saturated carbocycles. The fraction of sp³-hybridized carbons (Fsp3) is 0.533. The lowest BCUT2D eigenvalue weighted by atomic mass is 10.2. The van der Waals surface area contributed by atoms with E-state index in [1.54, 1.807) is 13.8 Å². The fourth-order valence-electron chi connectivity index (χ4n) is 1.65. The molecule has 1 unspecified atom stereocenters. The maximum absolute atomic E-state index is 11.6. The maximum Gasteiger partial charge on any atom is 0.322 e. The van der Waals surface area contributed by atoms with Crippen molar-refractivity contribution >= 4 is 21.9 Å². The van der Waals surface area contributed by atoms with Crippen molar-refractivity contribution in [2.45, 2.75) is 39.8 Å². The summed E-state index contributed by atoms with van der Waals surface area (Å²) in [5, 5.41) is 3.15. The lowest BCUT2D eigenvalue weighted by molar-refractivity contribution is -0.145. The molecule has 20 heavy (non-hydrogen) atoms. The average Bonchev–Trinajstić information content (AvgIpc) is 2.44. The van der Waals surface area contributed by atoms with Crippen molar-refractivity contribution < 1.29 is 14.3 Å². The van der Waals surface area contributed by atoms with Gasteiger partial charge in [-0.05, 0) is 38.5 Å². The standard InChI is InChI=1S/C15H22BrNO3/c1-4-8-20-14-7-6-13(16)9-12(14)10-17-11(3)15(18)19-5-2/h6-7,9,11,17H,4-5,8,10H2,1-3H3. The van der Waals surface area contributed by atoms with E-state index in [1.165, 1.54) is 0 Å². The lowest BCUT2D eigenvalue weighted by Gasteiger charge is -2.15. The van der Waals surface area contributed by atoms with Gasteiger partial charge in [-0.25, -0.2) is 0 Å². The molecule has 1 atom stereocenters. The third-order valence-corrected chi connectivity index (χ3v) is 3.22. The Labute approximate surface area is 129 Å². The Morgan fingerprint density at radius 3 is 2.80 bits per heavy atom. The normalized spacial score (nSPS) is 12.0. The Kier molecular flexibility index (Phi) is 7.62. The van der Waals surface area contributed by atoms with Gasteiger partial charge in [0.15, 0.2) is 0 Å². The third-order valence-electron chi connectivity index (χ3n) is 2.72. The Morgan fingerprint density at radius 2 is 2.15 bits per heavy atom. The number of esters is 1. The van der Waals surface area contributed by atoms with E-state index in [-0.39, 0.29) is 12.0 Å². The minimum absolute atomic E-state index is 0.237. The molecular formula is C15H22BrNO3. The van der Waals surface area contributed by atoms with Crippen LogP contribution in [0.25, 0.3) is 0 Å². The number of carbonyl (C=O) groups excluding carboxylic acids is 1. The van der Waals surface area contributed by atoms with Crippen LogP contribution in [0.1, 0.15) is 32.8 Å². The molecule has 4 nitrogen and oxygen atoms in total. The van der Waals surface area contributed by atoms with E-state index in [9.17, 15) is 4.79 Å². The van der Waals surface area contributed by atoms with Gasteiger partial charge in [-0.2, -0.15) is 0 Å².